The van der Waals surface area contributed by atoms with E-state index >= 15 is 0 Å². The van der Waals surface area contributed by atoms with Crippen LogP contribution in [-0.4, -0.2) is 58.9 Å². The second-order valence-electron chi connectivity index (χ2n) is 7.97. The van der Waals surface area contributed by atoms with E-state index in [4.69, 9.17) is 0 Å². The zero-order valence-electron chi connectivity index (χ0n) is 17.1. The average Bonchev–Trinajstić information content (AvgIpc) is 3.15. The Morgan fingerprint density at radius 1 is 1.23 bits per heavy atom. The summed E-state index contributed by atoms with van der Waals surface area (Å²) in [5.74, 6) is 1.17. The number of hydrogen-bond donors (Lipinski definition) is 1. The fourth-order valence-electron chi connectivity index (χ4n) is 3.92. The van der Waals surface area contributed by atoms with E-state index in [2.05, 4.69) is 36.6 Å². The van der Waals surface area contributed by atoms with E-state index < -0.39 is 16.4 Å². The van der Waals surface area contributed by atoms with Gasteiger partial charge in [-0.25, -0.2) is 41.4 Å². The van der Waals surface area contributed by atoms with Gasteiger partial charge in [0.05, 0.1) is 18.1 Å². The number of piperidine rings is 1. The minimum Gasteiger partial charge on any atom is -0.356 e. The Bertz CT molecular complexity index is 1180. The maximum absolute atomic E-state index is 13.1. The highest BCUT2D eigenvalue weighted by atomic mass is 32.2. The molecule has 1 N–H and O–H groups in total. The molecule has 1 saturated heterocycles. The lowest BCUT2D eigenvalue weighted by Gasteiger charge is -2.37. The zero-order chi connectivity index (χ0) is 22.2. The molecular formula is C19H23F2N7O2S. The summed E-state index contributed by atoms with van der Waals surface area (Å²) in [4.78, 5) is 15.0. The van der Waals surface area contributed by atoms with Crippen LogP contribution >= 0.6 is 0 Å². The normalized spacial score (nSPS) is 20.0. The van der Waals surface area contributed by atoms with Gasteiger partial charge < -0.3 is 4.90 Å². The molecule has 4 heterocycles. The molecule has 1 aliphatic rings. The van der Waals surface area contributed by atoms with E-state index in [-0.39, 0.29) is 11.6 Å². The molecular weight excluding hydrogens is 428 g/mol. The molecule has 9 nitrogen and oxygen atoms in total. The van der Waals surface area contributed by atoms with Crippen LogP contribution < -0.4 is 9.62 Å². The Kier molecular flexibility index (Phi) is 5.84. The van der Waals surface area contributed by atoms with Crippen molar-refractivity contribution in [1.82, 2.24) is 29.3 Å². The number of fused-ring (bicyclic) bond motifs is 1. The first-order chi connectivity index (χ1) is 14.7. The summed E-state index contributed by atoms with van der Waals surface area (Å²) in [6, 6.07) is 4.52. The summed E-state index contributed by atoms with van der Waals surface area (Å²) < 4.78 is 53.0. The highest BCUT2D eigenvalue weighted by Crippen LogP contribution is 2.28. The number of hydrogen-bond acceptors (Lipinski definition) is 7. The van der Waals surface area contributed by atoms with E-state index in [0.717, 1.165) is 19.2 Å². The topological polar surface area (TPSA) is 105 Å². The highest BCUT2D eigenvalue weighted by molar-refractivity contribution is 7.88. The van der Waals surface area contributed by atoms with Gasteiger partial charge in [0.25, 0.3) is 6.43 Å². The van der Waals surface area contributed by atoms with Crippen LogP contribution in [0.5, 0.6) is 0 Å². The Morgan fingerprint density at radius 2 is 2.03 bits per heavy atom. The van der Waals surface area contributed by atoms with E-state index in [1.54, 1.807) is 12.3 Å². The molecule has 2 atom stereocenters. The number of rotatable bonds is 6. The van der Waals surface area contributed by atoms with Crippen LogP contribution in [0.25, 0.3) is 17.0 Å². The van der Waals surface area contributed by atoms with Gasteiger partial charge in [-0.1, -0.05) is 6.92 Å². The molecule has 3 aromatic rings. The Hall–Kier alpha value is -2.73. The van der Waals surface area contributed by atoms with Gasteiger partial charge in [0.1, 0.15) is 23.5 Å². The molecule has 2 unspecified atom stereocenters. The van der Waals surface area contributed by atoms with Crippen molar-refractivity contribution < 1.29 is 17.2 Å². The highest BCUT2D eigenvalue weighted by Gasteiger charge is 2.27. The molecule has 0 aromatic carbocycles. The van der Waals surface area contributed by atoms with E-state index in [1.807, 2.05) is 0 Å². The van der Waals surface area contributed by atoms with Crippen LogP contribution in [0.2, 0.25) is 0 Å². The van der Waals surface area contributed by atoms with Gasteiger partial charge in [-0.15, -0.1) is 0 Å². The van der Waals surface area contributed by atoms with Gasteiger partial charge in [-0.2, -0.15) is 5.10 Å². The van der Waals surface area contributed by atoms with E-state index in [9.17, 15) is 17.2 Å². The Labute approximate surface area is 178 Å². The minimum absolute atomic E-state index is 0.142. The zero-order valence-corrected chi connectivity index (χ0v) is 17.9. The second-order valence-corrected chi connectivity index (χ2v) is 9.80. The molecule has 31 heavy (non-hydrogen) atoms. The molecule has 4 rings (SSSR count). The molecule has 0 spiro atoms. The Morgan fingerprint density at radius 3 is 2.77 bits per heavy atom. The van der Waals surface area contributed by atoms with Crippen molar-refractivity contribution in [2.45, 2.75) is 19.8 Å². The number of halogens is 2. The number of imidazole rings is 1. The first kappa shape index (κ1) is 21.5. The average molecular weight is 452 g/mol. The predicted octanol–water partition coefficient (Wildman–Crippen LogP) is 2.14. The molecule has 3 aromatic heterocycles. The minimum atomic E-state index is -3.25. The SMILES string of the molecule is CC1CC(CNS(C)(=O)=O)CN(c2cc(-c3cnc4ccc(C(F)F)nn34)ncn2)C1. The van der Waals surface area contributed by atoms with Gasteiger partial charge in [0.15, 0.2) is 5.65 Å². The molecule has 0 saturated carbocycles. The molecule has 1 aliphatic heterocycles. The first-order valence-electron chi connectivity index (χ1n) is 9.84. The van der Waals surface area contributed by atoms with E-state index in [1.165, 1.54) is 23.0 Å². The largest absolute Gasteiger partial charge is 0.356 e. The van der Waals surface area contributed by atoms with Gasteiger partial charge in [-0.05, 0) is 30.4 Å². The van der Waals surface area contributed by atoms with Crippen LogP contribution in [-0.2, 0) is 10.0 Å². The number of nitrogens with one attached hydrogen (secondary N) is 1. The third-order valence-electron chi connectivity index (χ3n) is 5.23. The lowest BCUT2D eigenvalue weighted by Crippen LogP contribution is -2.44. The lowest BCUT2D eigenvalue weighted by atomic mass is 9.90. The molecule has 0 amide bonds. The number of aromatic nitrogens is 5. The third-order valence-corrected chi connectivity index (χ3v) is 5.92. The van der Waals surface area contributed by atoms with Crippen molar-refractivity contribution >= 4 is 21.5 Å². The molecule has 166 valence electrons. The number of nitrogens with zero attached hydrogens (tertiary/aromatic N) is 6. The summed E-state index contributed by atoms with van der Waals surface area (Å²) in [7, 11) is -3.25. The fraction of sp³-hybridized carbons (Fsp3) is 0.474. The van der Waals surface area contributed by atoms with Gasteiger partial charge in [0.2, 0.25) is 10.0 Å². The van der Waals surface area contributed by atoms with Gasteiger partial charge >= 0.3 is 0 Å². The second kappa shape index (κ2) is 8.42. The Balaban J connectivity index is 1.61. The van der Waals surface area contributed by atoms with Crippen molar-refractivity contribution in [3.05, 3.63) is 36.4 Å². The molecule has 0 bridgehead atoms. The number of alkyl halides is 2. The van der Waals surface area contributed by atoms with Crippen LogP contribution in [0.15, 0.2) is 30.7 Å². The maximum Gasteiger partial charge on any atom is 0.282 e. The van der Waals surface area contributed by atoms with Crippen molar-refractivity contribution in [1.29, 1.82) is 0 Å². The summed E-state index contributed by atoms with van der Waals surface area (Å²) in [5, 5.41) is 3.99. The van der Waals surface area contributed by atoms with Crippen LogP contribution in [0.4, 0.5) is 14.6 Å². The lowest BCUT2D eigenvalue weighted by molar-refractivity contribution is 0.144. The quantitative estimate of drug-likeness (QED) is 0.612. The standard InChI is InChI=1S/C19H23F2N7O2S/c1-12-5-13(7-25-31(2,29)30)10-27(9-12)18-6-15(23-11-24-18)16-8-22-17-4-3-14(19(20)21)26-28(16)17/h3-4,6,8,11-13,19,25H,5,7,9-10H2,1-2H3. The van der Waals surface area contributed by atoms with Gasteiger partial charge in [-0.3, -0.25) is 0 Å². The summed E-state index contributed by atoms with van der Waals surface area (Å²) >= 11 is 0. The third kappa shape index (κ3) is 4.96. The molecule has 0 radical (unpaired) electrons. The van der Waals surface area contributed by atoms with Crippen molar-refractivity contribution in [3.63, 3.8) is 0 Å². The maximum atomic E-state index is 13.1. The van der Waals surface area contributed by atoms with Crippen LogP contribution in [0.1, 0.15) is 25.5 Å². The van der Waals surface area contributed by atoms with Crippen molar-refractivity contribution in [3.8, 4) is 11.4 Å². The molecule has 1 fully saturated rings. The summed E-state index contributed by atoms with van der Waals surface area (Å²) in [6.07, 6.45) is 2.33. The van der Waals surface area contributed by atoms with E-state index in [0.29, 0.717) is 41.9 Å². The molecule has 12 heteroatoms. The monoisotopic (exact) mass is 451 g/mol. The van der Waals surface area contributed by atoms with Crippen molar-refractivity contribution in [2.75, 3.05) is 30.8 Å². The number of sulfonamides is 1. The first-order valence-corrected chi connectivity index (χ1v) is 11.7. The van der Waals surface area contributed by atoms with Crippen molar-refractivity contribution in [2.24, 2.45) is 11.8 Å². The van der Waals surface area contributed by atoms with Crippen LogP contribution in [0.3, 0.4) is 0 Å². The number of anilines is 1. The smallest absolute Gasteiger partial charge is 0.282 e. The summed E-state index contributed by atoms with van der Waals surface area (Å²) in [5.41, 5.74) is 1.10. The fourth-order valence-corrected chi connectivity index (χ4v) is 4.46. The van der Waals surface area contributed by atoms with Gasteiger partial charge in [0, 0.05) is 25.7 Å². The van der Waals surface area contributed by atoms with Crippen LogP contribution in [0, 0.1) is 11.8 Å². The predicted molar refractivity (Wildman–Crippen MR) is 111 cm³/mol. The molecule has 0 aliphatic carbocycles. The summed E-state index contributed by atoms with van der Waals surface area (Å²) in [6.45, 7) is 3.89.